The molecule has 162 valence electrons. The number of rotatable bonds is 5. The predicted octanol–water partition coefficient (Wildman–Crippen LogP) is 4.29. The zero-order chi connectivity index (χ0) is 22.2. The Morgan fingerprint density at radius 2 is 1.97 bits per heavy atom. The highest BCUT2D eigenvalue weighted by molar-refractivity contribution is 6.08. The summed E-state index contributed by atoms with van der Waals surface area (Å²) < 4.78 is 5.97. The molecule has 0 saturated heterocycles. The Hall–Kier alpha value is -3.87. The fourth-order valence-corrected chi connectivity index (χ4v) is 4.37. The van der Waals surface area contributed by atoms with Gasteiger partial charge >= 0.3 is 0 Å². The SMILES string of the molecule is Cc1oc2c(C(N)=O)cccc2c1-c1nc(NCc2ccccc2)c2c(n1)N(C)CCC2. The Labute approximate surface area is 186 Å². The number of aryl methyl sites for hydroxylation is 1. The number of fused-ring (bicyclic) bond motifs is 2. The van der Waals surface area contributed by atoms with Gasteiger partial charge in [-0.25, -0.2) is 9.97 Å². The van der Waals surface area contributed by atoms with Crippen LogP contribution in [0, 0.1) is 6.92 Å². The van der Waals surface area contributed by atoms with E-state index in [1.807, 2.05) is 31.2 Å². The van der Waals surface area contributed by atoms with Crippen LogP contribution in [0.25, 0.3) is 22.4 Å². The monoisotopic (exact) mass is 427 g/mol. The summed E-state index contributed by atoms with van der Waals surface area (Å²) in [6.07, 6.45) is 1.98. The first-order valence-corrected chi connectivity index (χ1v) is 10.7. The van der Waals surface area contributed by atoms with Gasteiger partial charge in [-0.15, -0.1) is 0 Å². The minimum absolute atomic E-state index is 0.356. The van der Waals surface area contributed by atoms with E-state index in [-0.39, 0.29) is 0 Å². The summed E-state index contributed by atoms with van der Waals surface area (Å²) in [5.41, 5.74) is 9.48. The first kappa shape index (κ1) is 20.1. The molecule has 0 bridgehead atoms. The van der Waals surface area contributed by atoms with E-state index in [9.17, 15) is 4.79 Å². The Kier molecular flexibility index (Phi) is 5.01. The van der Waals surface area contributed by atoms with Crippen molar-refractivity contribution in [3.05, 3.63) is 71.0 Å². The van der Waals surface area contributed by atoms with Crippen molar-refractivity contribution in [1.82, 2.24) is 9.97 Å². The molecular weight excluding hydrogens is 402 g/mol. The Morgan fingerprint density at radius 3 is 2.75 bits per heavy atom. The van der Waals surface area contributed by atoms with Gasteiger partial charge in [0, 0.05) is 31.1 Å². The van der Waals surface area contributed by atoms with Crippen molar-refractivity contribution in [2.24, 2.45) is 5.73 Å². The molecule has 0 radical (unpaired) electrons. The standard InChI is InChI=1S/C25H25N5O2/c1-15-20(17-10-6-11-18(22(26)31)21(17)32-15)24-28-23(27-14-16-8-4-3-5-9-16)19-12-7-13-30(2)25(19)29-24/h3-6,8-11H,7,12-14H2,1-2H3,(H2,26,31)(H,27,28,29). The number of amides is 1. The summed E-state index contributed by atoms with van der Waals surface area (Å²) in [6, 6.07) is 15.6. The summed E-state index contributed by atoms with van der Waals surface area (Å²) in [7, 11) is 2.06. The van der Waals surface area contributed by atoms with Crippen LogP contribution in [0.15, 0.2) is 52.9 Å². The predicted molar refractivity (Wildman–Crippen MR) is 126 cm³/mol. The molecule has 3 N–H and O–H groups in total. The van der Waals surface area contributed by atoms with E-state index in [0.717, 1.165) is 47.5 Å². The van der Waals surface area contributed by atoms with Crippen molar-refractivity contribution in [3.8, 4) is 11.4 Å². The van der Waals surface area contributed by atoms with Crippen LogP contribution in [0.5, 0.6) is 0 Å². The van der Waals surface area contributed by atoms with Crippen molar-refractivity contribution < 1.29 is 9.21 Å². The number of anilines is 2. The molecule has 4 aromatic rings. The summed E-state index contributed by atoms with van der Waals surface area (Å²) >= 11 is 0. The van der Waals surface area contributed by atoms with Gasteiger partial charge in [0.15, 0.2) is 5.82 Å². The van der Waals surface area contributed by atoms with E-state index in [0.29, 0.717) is 29.3 Å². The Bertz CT molecular complexity index is 1310. The highest BCUT2D eigenvalue weighted by atomic mass is 16.3. The van der Waals surface area contributed by atoms with E-state index in [1.54, 1.807) is 12.1 Å². The second kappa shape index (κ2) is 8.00. The van der Waals surface area contributed by atoms with Crippen LogP contribution in [0.3, 0.4) is 0 Å². The van der Waals surface area contributed by atoms with E-state index in [1.165, 1.54) is 5.56 Å². The molecule has 0 spiro atoms. The summed E-state index contributed by atoms with van der Waals surface area (Å²) in [5, 5.41) is 4.31. The molecule has 0 atom stereocenters. The molecule has 7 nitrogen and oxygen atoms in total. The van der Waals surface area contributed by atoms with E-state index >= 15 is 0 Å². The maximum Gasteiger partial charge on any atom is 0.252 e. The molecule has 7 heteroatoms. The minimum atomic E-state index is -0.521. The van der Waals surface area contributed by atoms with Crippen LogP contribution in [-0.2, 0) is 13.0 Å². The van der Waals surface area contributed by atoms with Crippen molar-refractivity contribution in [2.45, 2.75) is 26.3 Å². The molecule has 0 unspecified atom stereocenters. The topological polar surface area (TPSA) is 97.3 Å². The van der Waals surface area contributed by atoms with Gasteiger partial charge in [-0.05, 0) is 31.4 Å². The van der Waals surface area contributed by atoms with Gasteiger partial charge in [0.25, 0.3) is 5.91 Å². The number of hydrogen-bond donors (Lipinski definition) is 2. The molecule has 1 aliphatic heterocycles. The second-order valence-corrected chi connectivity index (χ2v) is 8.14. The number of aromatic nitrogens is 2. The lowest BCUT2D eigenvalue weighted by Crippen LogP contribution is -2.27. The number of hydrogen-bond acceptors (Lipinski definition) is 6. The van der Waals surface area contributed by atoms with Crippen LogP contribution >= 0.6 is 0 Å². The number of nitrogens with zero attached hydrogens (tertiary/aromatic N) is 3. The second-order valence-electron chi connectivity index (χ2n) is 8.14. The lowest BCUT2D eigenvalue weighted by atomic mass is 10.0. The molecule has 0 saturated carbocycles. The molecule has 0 aliphatic carbocycles. The van der Waals surface area contributed by atoms with Crippen LogP contribution in [0.4, 0.5) is 11.6 Å². The van der Waals surface area contributed by atoms with Gasteiger partial charge in [0.1, 0.15) is 23.0 Å². The van der Waals surface area contributed by atoms with Crippen molar-refractivity contribution in [1.29, 1.82) is 0 Å². The largest absolute Gasteiger partial charge is 0.460 e. The van der Waals surface area contributed by atoms with E-state index in [2.05, 4.69) is 29.4 Å². The lowest BCUT2D eigenvalue weighted by molar-refractivity contribution is 0.100. The summed E-state index contributed by atoms with van der Waals surface area (Å²) in [5.74, 6) is 2.47. The van der Waals surface area contributed by atoms with E-state index in [4.69, 9.17) is 20.1 Å². The van der Waals surface area contributed by atoms with Crippen LogP contribution in [0.2, 0.25) is 0 Å². The average Bonchev–Trinajstić information content (AvgIpc) is 3.14. The van der Waals surface area contributed by atoms with Crippen LogP contribution in [-0.4, -0.2) is 29.5 Å². The molecule has 1 aliphatic rings. The Balaban J connectivity index is 1.65. The zero-order valence-corrected chi connectivity index (χ0v) is 18.2. The molecule has 2 aromatic heterocycles. The zero-order valence-electron chi connectivity index (χ0n) is 18.2. The summed E-state index contributed by atoms with van der Waals surface area (Å²) in [6.45, 7) is 3.48. The first-order chi connectivity index (χ1) is 15.5. The number of carbonyl (C=O) groups is 1. The van der Waals surface area contributed by atoms with Crippen molar-refractivity contribution >= 4 is 28.5 Å². The normalized spacial score (nSPS) is 13.2. The van der Waals surface area contributed by atoms with Crippen molar-refractivity contribution in [2.75, 3.05) is 23.8 Å². The number of furan rings is 1. The quantitative estimate of drug-likeness (QED) is 0.493. The molecule has 2 aromatic carbocycles. The molecule has 32 heavy (non-hydrogen) atoms. The van der Waals surface area contributed by atoms with E-state index < -0.39 is 5.91 Å². The number of benzene rings is 2. The fraction of sp³-hybridized carbons (Fsp3) is 0.240. The van der Waals surface area contributed by atoms with Gasteiger partial charge in [-0.3, -0.25) is 4.79 Å². The number of primary amides is 1. The van der Waals surface area contributed by atoms with Crippen LogP contribution < -0.4 is 16.0 Å². The molecule has 1 amide bonds. The average molecular weight is 428 g/mol. The summed E-state index contributed by atoms with van der Waals surface area (Å²) in [4.78, 5) is 23.9. The van der Waals surface area contributed by atoms with Crippen LogP contribution in [0.1, 0.15) is 33.7 Å². The molecular formula is C25H25N5O2. The van der Waals surface area contributed by atoms with Gasteiger partial charge in [0.05, 0.1) is 11.1 Å². The number of carbonyl (C=O) groups excluding carboxylic acids is 1. The third kappa shape index (κ3) is 3.45. The van der Waals surface area contributed by atoms with Gasteiger partial charge in [0.2, 0.25) is 0 Å². The fourth-order valence-electron chi connectivity index (χ4n) is 4.37. The number of nitrogens with two attached hydrogens (primary N) is 1. The number of para-hydroxylation sites is 1. The molecule has 3 heterocycles. The van der Waals surface area contributed by atoms with Crippen molar-refractivity contribution in [3.63, 3.8) is 0 Å². The molecule has 0 fully saturated rings. The van der Waals surface area contributed by atoms with Gasteiger partial charge in [-0.1, -0.05) is 42.5 Å². The maximum atomic E-state index is 11.9. The number of nitrogens with one attached hydrogen (secondary N) is 1. The highest BCUT2D eigenvalue weighted by Crippen LogP contribution is 2.38. The van der Waals surface area contributed by atoms with Gasteiger partial charge < -0.3 is 20.4 Å². The molecule has 5 rings (SSSR count). The third-order valence-corrected chi connectivity index (χ3v) is 5.95. The first-order valence-electron chi connectivity index (χ1n) is 10.7. The Morgan fingerprint density at radius 1 is 1.16 bits per heavy atom. The van der Waals surface area contributed by atoms with Gasteiger partial charge in [-0.2, -0.15) is 0 Å². The highest BCUT2D eigenvalue weighted by Gasteiger charge is 2.25. The maximum absolute atomic E-state index is 11.9. The lowest BCUT2D eigenvalue weighted by Gasteiger charge is -2.28. The minimum Gasteiger partial charge on any atom is -0.460 e. The smallest absolute Gasteiger partial charge is 0.252 e. The third-order valence-electron chi connectivity index (χ3n) is 5.95.